The number of rotatable bonds is 4. The Bertz CT molecular complexity index is 778. The van der Waals surface area contributed by atoms with Crippen LogP contribution < -0.4 is 0 Å². The minimum atomic E-state index is -0.124. The van der Waals surface area contributed by atoms with Crippen LogP contribution in [0.25, 0.3) is 0 Å². The first kappa shape index (κ1) is 22.2. The van der Waals surface area contributed by atoms with E-state index in [9.17, 15) is 4.79 Å². The zero-order valence-corrected chi connectivity index (χ0v) is 21.1. The molecular formula is C29H46O2. The van der Waals surface area contributed by atoms with E-state index in [4.69, 9.17) is 4.74 Å². The lowest BCUT2D eigenvalue weighted by Crippen LogP contribution is -2.59. The minimum absolute atomic E-state index is 0.103. The van der Waals surface area contributed by atoms with E-state index in [1.807, 2.05) is 0 Å². The van der Waals surface area contributed by atoms with Crippen molar-refractivity contribution < 1.29 is 9.53 Å². The molecule has 31 heavy (non-hydrogen) atoms. The monoisotopic (exact) mass is 426 g/mol. The molecule has 2 heteroatoms. The van der Waals surface area contributed by atoms with Crippen molar-refractivity contribution in [3.63, 3.8) is 0 Å². The fourth-order valence-electron chi connectivity index (χ4n) is 9.75. The van der Waals surface area contributed by atoms with Crippen LogP contribution >= 0.6 is 0 Å². The second-order valence-corrected chi connectivity index (χ2v) is 13.7. The Morgan fingerprint density at radius 1 is 0.903 bits per heavy atom. The van der Waals surface area contributed by atoms with Gasteiger partial charge in [-0.25, -0.2) is 0 Å². The van der Waals surface area contributed by atoms with Crippen LogP contribution in [0.1, 0.15) is 106 Å². The van der Waals surface area contributed by atoms with Crippen LogP contribution in [0.5, 0.6) is 0 Å². The molecule has 0 aromatic heterocycles. The first-order valence-corrected chi connectivity index (χ1v) is 13.3. The minimum Gasteiger partial charge on any atom is -0.367 e. The average molecular weight is 427 g/mol. The molecular weight excluding hydrogens is 380 g/mol. The highest BCUT2D eigenvalue weighted by Gasteiger charge is 2.64. The molecule has 5 fully saturated rings. The van der Waals surface area contributed by atoms with Gasteiger partial charge in [0.1, 0.15) is 5.78 Å². The van der Waals surface area contributed by atoms with Crippen LogP contribution in [0.4, 0.5) is 0 Å². The molecule has 0 unspecified atom stereocenters. The SMILES string of the molecule is C=C(CC[C@@H]1OC1(C)C)[C@H]1CC[C@@]2(C)[C@@H]1CC[C@H]1[C@H]2CC[C@@H]2C(C)(C)C(=O)CC[C@@]21C. The third-order valence-corrected chi connectivity index (χ3v) is 11.8. The van der Waals surface area contributed by atoms with Gasteiger partial charge in [-0.05, 0) is 112 Å². The summed E-state index contributed by atoms with van der Waals surface area (Å²) in [6.07, 6.45) is 12.8. The van der Waals surface area contributed by atoms with E-state index in [0.29, 0.717) is 28.6 Å². The summed E-state index contributed by atoms with van der Waals surface area (Å²) in [5.41, 5.74) is 2.33. The standard InChI is InChI=1S/C29H46O2/c1-18(8-13-25-27(4,5)31-25)19-14-16-28(6)20(19)9-10-22-21(28)11-12-23-26(2,3)24(30)15-17-29(22,23)7/h19-23,25H,1,8-17H2,2-7H3/t19-,20-,21-,22+,23-,25+,28+,29-/m1/s1. The number of carbonyl (C=O) groups excluding carboxylic acids is 1. The van der Waals surface area contributed by atoms with Gasteiger partial charge >= 0.3 is 0 Å². The third-order valence-electron chi connectivity index (χ3n) is 11.8. The maximum atomic E-state index is 12.8. The number of epoxide rings is 1. The van der Waals surface area contributed by atoms with Gasteiger partial charge in [0.25, 0.3) is 0 Å². The molecule has 1 saturated heterocycles. The van der Waals surface area contributed by atoms with E-state index in [1.165, 1.54) is 44.1 Å². The van der Waals surface area contributed by atoms with E-state index in [-0.39, 0.29) is 11.0 Å². The predicted molar refractivity (Wildman–Crippen MR) is 127 cm³/mol. The molecule has 1 heterocycles. The van der Waals surface area contributed by atoms with Gasteiger partial charge in [-0.15, -0.1) is 0 Å². The van der Waals surface area contributed by atoms with E-state index in [1.54, 1.807) is 0 Å². The number of fused-ring (bicyclic) bond motifs is 5. The van der Waals surface area contributed by atoms with E-state index < -0.39 is 0 Å². The summed E-state index contributed by atoms with van der Waals surface area (Å²) in [5.74, 6) is 4.31. The summed E-state index contributed by atoms with van der Waals surface area (Å²) in [7, 11) is 0. The molecule has 5 rings (SSSR count). The Hall–Kier alpha value is -0.630. The fraction of sp³-hybridized carbons (Fsp3) is 0.897. The zero-order valence-electron chi connectivity index (χ0n) is 21.1. The zero-order chi connectivity index (χ0) is 22.4. The van der Waals surface area contributed by atoms with Crippen LogP contribution in [-0.4, -0.2) is 17.5 Å². The fourth-order valence-corrected chi connectivity index (χ4v) is 9.75. The molecule has 5 aliphatic rings. The molecule has 2 nitrogen and oxygen atoms in total. The van der Waals surface area contributed by atoms with Crippen molar-refractivity contribution in [2.45, 2.75) is 117 Å². The Morgan fingerprint density at radius 2 is 1.52 bits per heavy atom. The van der Waals surface area contributed by atoms with Gasteiger partial charge < -0.3 is 4.74 Å². The lowest BCUT2D eigenvalue weighted by Gasteiger charge is -2.64. The number of hydrogen-bond acceptors (Lipinski definition) is 2. The van der Waals surface area contributed by atoms with Crippen molar-refractivity contribution in [3.8, 4) is 0 Å². The van der Waals surface area contributed by atoms with Gasteiger partial charge in [0.15, 0.2) is 0 Å². The Balaban J connectivity index is 1.32. The molecule has 0 N–H and O–H groups in total. The highest BCUT2D eigenvalue weighted by Crippen LogP contribution is 2.70. The molecule has 0 amide bonds. The van der Waals surface area contributed by atoms with Crippen molar-refractivity contribution in [2.24, 2.45) is 45.8 Å². The number of Topliss-reactive ketones (excluding diaryl/α,β-unsaturated/α-hetero) is 1. The van der Waals surface area contributed by atoms with Crippen LogP contribution in [-0.2, 0) is 9.53 Å². The average Bonchev–Trinajstić information content (AvgIpc) is 3.15. The normalized spacial score (nSPS) is 49.7. The number of carbonyl (C=O) groups is 1. The molecule has 4 aliphatic carbocycles. The van der Waals surface area contributed by atoms with Crippen LogP contribution in [0.3, 0.4) is 0 Å². The van der Waals surface area contributed by atoms with E-state index >= 15 is 0 Å². The molecule has 0 bridgehead atoms. The van der Waals surface area contributed by atoms with Gasteiger partial charge in [0.2, 0.25) is 0 Å². The van der Waals surface area contributed by atoms with Crippen molar-refractivity contribution in [2.75, 3.05) is 0 Å². The van der Waals surface area contributed by atoms with Crippen molar-refractivity contribution >= 4 is 5.78 Å². The lowest BCUT2D eigenvalue weighted by molar-refractivity contribution is -0.167. The number of ketones is 1. The summed E-state index contributed by atoms with van der Waals surface area (Å²) in [6.45, 7) is 18.8. The number of allylic oxidation sites excluding steroid dienone is 1. The Kier molecular flexibility index (Phi) is 4.96. The van der Waals surface area contributed by atoms with Gasteiger partial charge in [0.05, 0.1) is 11.7 Å². The van der Waals surface area contributed by atoms with Crippen molar-refractivity contribution in [1.82, 2.24) is 0 Å². The maximum Gasteiger partial charge on any atom is 0.138 e. The summed E-state index contributed by atoms with van der Waals surface area (Å²) >= 11 is 0. The van der Waals surface area contributed by atoms with E-state index in [0.717, 1.165) is 49.4 Å². The summed E-state index contributed by atoms with van der Waals surface area (Å²) in [4.78, 5) is 12.8. The number of hydrogen-bond donors (Lipinski definition) is 0. The first-order valence-electron chi connectivity index (χ1n) is 13.3. The summed E-state index contributed by atoms with van der Waals surface area (Å²) in [6, 6.07) is 0. The maximum absolute atomic E-state index is 12.8. The van der Waals surface area contributed by atoms with Gasteiger partial charge in [0, 0.05) is 11.8 Å². The Labute approximate surface area is 191 Å². The van der Waals surface area contributed by atoms with Gasteiger partial charge in [-0.2, -0.15) is 0 Å². The van der Waals surface area contributed by atoms with E-state index in [2.05, 4.69) is 48.1 Å². The smallest absolute Gasteiger partial charge is 0.138 e. The molecule has 1 aliphatic heterocycles. The highest BCUT2D eigenvalue weighted by molar-refractivity contribution is 5.85. The summed E-state index contributed by atoms with van der Waals surface area (Å²) < 4.78 is 5.84. The topological polar surface area (TPSA) is 29.6 Å². The quantitative estimate of drug-likeness (QED) is 0.347. The summed E-state index contributed by atoms with van der Waals surface area (Å²) in [5, 5.41) is 0. The second kappa shape index (κ2) is 6.94. The molecule has 0 spiro atoms. The molecule has 174 valence electrons. The van der Waals surface area contributed by atoms with Gasteiger partial charge in [-0.3, -0.25) is 4.79 Å². The second-order valence-electron chi connectivity index (χ2n) is 13.7. The molecule has 0 radical (unpaired) electrons. The van der Waals surface area contributed by atoms with Crippen LogP contribution in [0.2, 0.25) is 0 Å². The van der Waals surface area contributed by atoms with Crippen molar-refractivity contribution in [3.05, 3.63) is 12.2 Å². The molecule has 0 aromatic rings. The largest absolute Gasteiger partial charge is 0.367 e. The lowest BCUT2D eigenvalue weighted by atomic mass is 9.40. The van der Waals surface area contributed by atoms with Gasteiger partial charge in [-0.1, -0.05) is 39.8 Å². The first-order chi connectivity index (χ1) is 14.4. The van der Waals surface area contributed by atoms with Crippen LogP contribution in [0, 0.1) is 45.8 Å². The molecule has 4 saturated carbocycles. The highest BCUT2D eigenvalue weighted by atomic mass is 16.6. The molecule has 0 aromatic carbocycles. The molecule has 8 atom stereocenters. The number of ether oxygens (including phenoxy) is 1. The van der Waals surface area contributed by atoms with Crippen LogP contribution in [0.15, 0.2) is 12.2 Å². The predicted octanol–water partition coefficient (Wildman–Crippen LogP) is 7.36. The third kappa shape index (κ3) is 3.17. The Morgan fingerprint density at radius 3 is 2.19 bits per heavy atom. The van der Waals surface area contributed by atoms with Crippen molar-refractivity contribution in [1.29, 1.82) is 0 Å².